The van der Waals surface area contributed by atoms with Gasteiger partial charge in [0.15, 0.2) is 5.25 Å². The van der Waals surface area contributed by atoms with Crippen LogP contribution in [0, 0.1) is 11.3 Å². The third-order valence-corrected chi connectivity index (χ3v) is 4.69. The lowest BCUT2D eigenvalue weighted by molar-refractivity contribution is 0.576. The highest BCUT2D eigenvalue weighted by Gasteiger charge is 2.20. The van der Waals surface area contributed by atoms with Gasteiger partial charge in [-0.1, -0.05) is 0 Å². The van der Waals surface area contributed by atoms with E-state index in [1.54, 1.807) is 13.0 Å². The number of nitriles is 1. The molecule has 0 aliphatic heterocycles. The first-order valence-corrected chi connectivity index (χ1v) is 7.18. The molecule has 0 amide bonds. The Hall–Kier alpha value is -0.450. The first-order valence-electron chi connectivity index (χ1n) is 4.01. The number of sulfonamides is 1. The second kappa shape index (κ2) is 5.44. The van der Waals surface area contributed by atoms with Crippen molar-refractivity contribution in [3.63, 3.8) is 0 Å². The molecule has 3 atom stereocenters. The van der Waals surface area contributed by atoms with Gasteiger partial charge in [-0.3, -0.25) is 4.21 Å². The number of hydrogen-bond donors (Lipinski definition) is 1. The van der Waals surface area contributed by atoms with E-state index in [0.29, 0.717) is 0 Å². The predicted molar refractivity (Wildman–Crippen MR) is 55.5 cm³/mol. The summed E-state index contributed by atoms with van der Waals surface area (Å²) in [7, 11) is -4.65. The van der Waals surface area contributed by atoms with Crippen LogP contribution in [0.2, 0.25) is 0 Å². The molecule has 5 nitrogen and oxygen atoms in total. The number of hydrogen-bond acceptors (Lipinski definition) is 4. The largest absolute Gasteiger partial charge is 0.260 e. The molecule has 0 aliphatic rings. The first kappa shape index (κ1) is 13.5. The molecule has 1 N–H and O–H groups in total. The van der Waals surface area contributed by atoms with Crippen LogP contribution in [-0.2, 0) is 20.8 Å². The molecule has 82 valence electrons. The van der Waals surface area contributed by atoms with Gasteiger partial charge in [0, 0.05) is 28.9 Å². The summed E-state index contributed by atoms with van der Waals surface area (Å²) in [5.41, 5.74) is 0. The van der Waals surface area contributed by atoms with Gasteiger partial charge in [-0.2, -0.15) is 5.26 Å². The Bertz CT molecular complexity index is 344. The van der Waals surface area contributed by atoms with Crippen molar-refractivity contribution in [3.05, 3.63) is 0 Å². The monoisotopic (exact) mass is 238 g/mol. The minimum Gasteiger partial charge on any atom is -0.260 e. The maximum Gasteiger partial charge on any atom is 0.227 e. The van der Waals surface area contributed by atoms with Gasteiger partial charge in [-0.25, -0.2) is 13.1 Å². The van der Waals surface area contributed by atoms with Crippen molar-refractivity contribution in [1.29, 1.82) is 5.26 Å². The van der Waals surface area contributed by atoms with Crippen LogP contribution in [0.1, 0.15) is 13.8 Å². The SMILES string of the molecule is CC(CNS(=O)(=O)C(C)C#N)S(C)=O. The van der Waals surface area contributed by atoms with Gasteiger partial charge in [0.1, 0.15) is 0 Å². The molecule has 0 aromatic heterocycles. The van der Waals surface area contributed by atoms with Crippen LogP contribution in [0.25, 0.3) is 0 Å². The van der Waals surface area contributed by atoms with Gasteiger partial charge in [0.25, 0.3) is 0 Å². The molecule has 0 radical (unpaired) electrons. The molecule has 0 aromatic rings. The smallest absolute Gasteiger partial charge is 0.227 e. The average molecular weight is 238 g/mol. The van der Waals surface area contributed by atoms with Gasteiger partial charge in [0.05, 0.1) is 6.07 Å². The summed E-state index contributed by atoms with van der Waals surface area (Å²) >= 11 is 0. The van der Waals surface area contributed by atoms with Crippen molar-refractivity contribution in [2.45, 2.75) is 24.3 Å². The van der Waals surface area contributed by atoms with E-state index in [0.717, 1.165) is 0 Å². The molecule has 3 unspecified atom stereocenters. The molecule has 0 aliphatic carbocycles. The summed E-state index contributed by atoms with van der Waals surface area (Å²) in [5.74, 6) is 0. The molecular weight excluding hydrogens is 224 g/mol. The zero-order chi connectivity index (χ0) is 11.4. The van der Waals surface area contributed by atoms with Crippen LogP contribution in [-0.4, -0.2) is 35.9 Å². The molecule has 7 heteroatoms. The van der Waals surface area contributed by atoms with E-state index < -0.39 is 26.1 Å². The van der Waals surface area contributed by atoms with Crippen LogP contribution >= 0.6 is 0 Å². The maximum absolute atomic E-state index is 11.3. The molecule has 0 saturated carbocycles. The lowest BCUT2D eigenvalue weighted by Crippen LogP contribution is -2.37. The Kier molecular flexibility index (Phi) is 5.26. The number of nitrogens with one attached hydrogen (secondary N) is 1. The van der Waals surface area contributed by atoms with E-state index in [2.05, 4.69) is 4.72 Å². The van der Waals surface area contributed by atoms with E-state index in [1.165, 1.54) is 13.2 Å². The predicted octanol–water partition coefficient (Wildman–Crippen LogP) is -0.415. The summed E-state index contributed by atoms with van der Waals surface area (Å²) in [6.45, 7) is 3.07. The van der Waals surface area contributed by atoms with Gasteiger partial charge in [-0.15, -0.1) is 0 Å². The molecular formula is C7H14N2O3S2. The molecule has 0 fully saturated rings. The lowest BCUT2D eigenvalue weighted by atomic mass is 10.5. The minimum absolute atomic E-state index is 0.0947. The summed E-state index contributed by atoms with van der Waals surface area (Å²) in [5, 5.41) is 7.08. The fourth-order valence-electron chi connectivity index (χ4n) is 0.545. The molecule has 14 heavy (non-hydrogen) atoms. The Morgan fingerprint density at radius 3 is 2.36 bits per heavy atom. The molecule has 0 heterocycles. The summed E-state index contributed by atoms with van der Waals surface area (Å²) in [6, 6.07) is 1.63. The van der Waals surface area contributed by atoms with Crippen molar-refractivity contribution in [1.82, 2.24) is 4.72 Å². The van der Waals surface area contributed by atoms with Crippen LogP contribution in [0.5, 0.6) is 0 Å². The van der Waals surface area contributed by atoms with Crippen molar-refractivity contribution in [2.75, 3.05) is 12.8 Å². The van der Waals surface area contributed by atoms with E-state index in [4.69, 9.17) is 5.26 Å². The van der Waals surface area contributed by atoms with Gasteiger partial charge in [-0.05, 0) is 13.8 Å². The Balaban J connectivity index is 4.29. The Labute approximate surface area is 87.0 Å². The minimum atomic E-state index is -3.58. The third-order valence-electron chi connectivity index (χ3n) is 1.79. The lowest BCUT2D eigenvalue weighted by Gasteiger charge is -2.11. The summed E-state index contributed by atoms with van der Waals surface area (Å²) in [6.07, 6.45) is 1.51. The highest BCUT2D eigenvalue weighted by Crippen LogP contribution is 1.98. The molecule has 0 aromatic carbocycles. The molecule has 0 rings (SSSR count). The fraction of sp³-hybridized carbons (Fsp3) is 0.857. The highest BCUT2D eigenvalue weighted by molar-refractivity contribution is 7.90. The van der Waals surface area contributed by atoms with Crippen LogP contribution in [0.4, 0.5) is 0 Å². The van der Waals surface area contributed by atoms with Gasteiger partial charge < -0.3 is 0 Å². The second-order valence-corrected chi connectivity index (χ2v) is 6.86. The van der Waals surface area contributed by atoms with Gasteiger partial charge >= 0.3 is 0 Å². The average Bonchev–Trinajstić information content (AvgIpc) is 2.12. The summed E-state index contributed by atoms with van der Waals surface area (Å²) in [4.78, 5) is 0. The zero-order valence-electron chi connectivity index (χ0n) is 8.35. The zero-order valence-corrected chi connectivity index (χ0v) is 9.98. The molecule has 0 spiro atoms. The Morgan fingerprint density at radius 1 is 1.50 bits per heavy atom. The van der Waals surface area contributed by atoms with E-state index in [1.807, 2.05) is 0 Å². The quantitative estimate of drug-likeness (QED) is 0.705. The van der Waals surface area contributed by atoms with Crippen LogP contribution in [0.15, 0.2) is 0 Å². The van der Waals surface area contributed by atoms with E-state index in [9.17, 15) is 12.6 Å². The standard InChI is InChI=1S/C7H14N2O3S2/c1-6(13(3)10)5-9-14(11,12)7(2)4-8/h6-7,9H,5H2,1-3H3. The third kappa shape index (κ3) is 4.17. The van der Waals surface area contributed by atoms with Gasteiger partial charge in [0.2, 0.25) is 10.0 Å². The molecule has 0 saturated heterocycles. The van der Waals surface area contributed by atoms with Crippen LogP contribution < -0.4 is 4.72 Å². The number of rotatable bonds is 5. The first-order chi connectivity index (χ1) is 6.31. The molecule has 0 bridgehead atoms. The second-order valence-electron chi connectivity index (χ2n) is 2.97. The normalized spacial score (nSPS) is 18.1. The van der Waals surface area contributed by atoms with Crippen LogP contribution in [0.3, 0.4) is 0 Å². The fourth-order valence-corrected chi connectivity index (χ4v) is 1.84. The van der Waals surface area contributed by atoms with E-state index >= 15 is 0 Å². The topological polar surface area (TPSA) is 87.0 Å². The summed E-state index contributed by atoms with van der Waals surface area (Å²) < 4.78 is 35.7. The van der Waals surface area contributed by atoms with E-state index in [-0.39, 0.29) is 11.8 Å². The number of nitrogens with zero attached hydrogens (tertiary/aromatic N) is 1. The van der Waals surface area contributed by atoms with Crippen molar-refractivity contribution in [3.8, 4) is 6.07 Å². The van der Waals surface area contributed by atoms with Crippen molar-refractivity contribution >= 4 is 20.8 Å². The maximum atomic E-state index is 11.3. The van der Waals surface area contributed by atoms with Crippen molar-refractivity contribution < 1.29 is 12.6 Å². The van der Waals surface area contributed by atoms with Crippen molar-refractivity contribution in [2.24, 2.45) is 0 Å². The highest BCUT2D eigenvalue weighted by atomic mass is 32.2. The Morgan fingerprint density at radius 2 is 2.00 bits per heavy atom.